The number of nitrogens with one attached hydrogen (secondary N) is 1. The van der Waals surface area contributed by atoms with Gasteiger partial charge in [-0.1, -0.05) is 45.4 Å². The van der Waals surface area contributed by atoms with Gasteiger partial charge in [0.1, 0.15) is 0 Å². The largest absolute Gasteiger partial charge is 0.388 e. The second-order valence-corrected chi connectivity index (χ2v) is 7.21. The van der Waals surface area contributed by atoms with Crippen LogP contribution < -0.4 is 5.32 Å². The normalized spacial score (nSPS) is 19.9. The molecule has 1 aromatic heterocycles. The van der Waals surface area contributed by atoms with Crippen molar-refractivity contribution in [1.82, 2.24) is 4.98 Å². The van der Waals surface area contributed by atoms with Gasteiger partial charge in [-0.15, -0.1) is 0 Å². The summed E-state index contributed by atoms with van der Waals surface area (Å²) < 4.78 is 0. The molecule has 0 amide bonds. The molecule has 0 saturated carbocycles. The highest BCUT2D eigenvalue weighted by Gasteiger charge is 2.34. The third-order valence-electron chi connectivity index (χ3n) is 4.57. The van der Waals surface area contributed by atoms with Crippen molar-refractivity contribution < 1.29 is 5.11 Å². The minimum atomic E-state index is -0.431. The fraction of sp³-hybridized carbons (Fsp3) is 0.526. The maximum atomic E-state index is 10.7. The quantitative estimate of drug-likeness (QED) is 0.820. The van der Waals surface area contributed by atoms with Crippen LogP contribution in [-0.4, -0.2) is 16.6 Å². The van der Waals surface area contributed by atoms with E-state index >= 15 is 0 Å². The van der Waals surface area contributed by atoms with Crippen LogP contribution in [-0.2, 0) is 6.42 Å². The first-order valence-electron chi connectivity index (χ1n) is 8.35. The number of aromatic nitrogens is 1. The molecule has 0 saturated heterocycles. The topological polar surface area (TPSA) is 45.2 Å². The van der Waals surface area contributed by atoms with Crippen molar-refractivity contribution in [3.8, 4) is 0 Å². The van der Waals surface area contributed by atoms with Crippen LogP contribution in [0.5, 0.6) is 0 Å². The maximum absolute atomic E-state index is 10.7. The Labute approximate surface area is 132 Å². The second-order valence-electron chi connectivity index (χ2n) is 7.21. The van der Waals surface area contributed by atoms with Crippen LogP contribution in [0, 0.1) is 5.41 Å². The number of hydrogen-bond donors (Lipinski definition) is 2. The van der Waals surface area contributed by atoms with Gasteiger partial charge in [0.15, 0.2) is 0 Å². The lowest BCUT2D eigenvalue weighted by atomic mass is 9.74. The smallest absolute Gasteiger partial charge is 0.0833 e. The van der Waals surface area contributed by atoms with E-state index in [1.54, 1.807) is 0 Å². The molecule has 2 N–H and O–H groups in total. The van der Waals surface area contributed by atoms with Gasteiger partial charge in [0, 0.05) is 23.2 Å². The molecule has 1 aromatic carbocycles. The van der Waals surface area contributed by atoms with Crippen molar-refractivity contribution in [2.45, 2.75) is 52.6 Å². The number of nitrogens with zero attached hydrogens (tertiary/aromatic N) is 1. The van der Waals surface area contributed by atoms with E-state index < -0.39 is 6.10 Å². The van der Waals surface area contributed by atoms with Gasteiger partial charge >= 0.3 is 0 Å². The van der Waals surface area contributed by atoms with Gasteiger partial charge in [-0.2, -0.15) is 0 Å². The Balaban J connectivity index is 2.14. The molecule has 3 heteroatoms. The summed E-state index contributed by atoms with van der Waals surface area (Å²) in [5, 5.41) is 15.4. The van der Waals surface area contributed by atoms with E-state index in [0.717, 1.165) is 60.1 Å². The number of pyridine rings is 1. The fourth-order valence-electron chi connectivity index (χ4n) is 3.50. The standard InChI is InChI=1S/C19H26N2O/c1-4-5-10-20-18-13-8-6-7-9-14(13)21-15-11-19(2,3)12-16(22)17(15)18/h6-9,16,22H,4-5,10-12H2,1-3H3,(H,20,21)/t16-/m1/s1. The highest BCUT2D eigenvalue weighted by atomic mass is 16.3. The molecule has 118 valence electrons. The number of unbranched alkanes of at least 4 members (excludes halogenated alkanes) is 1. The molecular formula is C19H26N2O. The molecule has 0 spiro atoms. The molecular weight excluding hydrogens is 272 g/mol. The number of para-hydroxylation sites is 1. The molecule has 0 unspecified atom stereocenters. The monoisotopic (exact) mass is 298 g/mol. The van der Waals surface area contributed by atoms with Gasteiger partial charge in [0.05, 0.1) is 17.3 Å². The van der Waals surface area contributed by atoms with Gasteiger partial charge in [-0.3, -0.25) is 4.98 Å². The predicted octanol–water partition coefficient (Wildman–Crippen LogP) is 4.45. The average molecular weight is 298 g/mol. The zero-order valence-corrected chi connectivity index (χ0v) is 13.8. The van der Waals surface area contributed by atoms with E-state index in [4.69, 9.17) is 4.98 Å². The summed E-state index contributed by atoms with van der Waals surface area (Å²) in [5.74, 6) is 0. The molecule has 3 nitrogen and oxygen atoms in total. The summed E-state index contributed by atoms with van der Waals surface area (Å²) in [6.07, 6.45) is 3.58. The zero-order valence-electron chi connectivity index (χ0n) is 13.8. The van der Waals surface area contributed by atoms with Crippen LogP contribution >= 0.6 is 0 Å². The number of fused-ring (bicyclic) bond motifs is 2. The van der Waals surface area contributed by atoms with Crippen LogP contribution in [0.25, 0.3) is 10.9 Å². The lowest BCUT2D eigenvalue weighted by Gasteiger charge is -2.35. The molecule has 2 aromatic rings. The Kier molecular flexibility index (Phi) is 4.09. The molecule has 0 fully saturated rings. The number of benzene rings is 1. The van der Waals surface area contributed by atoms with E-state index in [-0.39, 0.29) is 5.41 Å². The van der Waals surface area contributed by atoms with Crippen LogP contribution in [0.2, 0.25) is 0 Å². The van der Waals surface area contributed by atoms with Crippen molar-refractivity contribution in [2.75, 3.05) is 11.9 Å². The Morgan fingerprint density at radius 1 is 1.32 bits per heavy atom. The van der Waals surface area contributed by atoms with Gasteiger partial charge in [-0.25, -0.2) is 0 Å². The minimum Gasteiger partial charge on any atom is -0.388 e. The molecule has 0 aliphatic heterocycles. The Hall–Kier alpha value is -1.61. The summed E-state index contributed by atoms with van der Waals surface area (Å²) >= 11 is 0. The summed E-state index contributed by atoms with van der Waals surface area (Å²) in [7, 11) is 0. The highest BCUT2D eigenvalue weighted by molar-refractivity contribution is 5.93. The SMILES string of the molecule is CCCCNc1c2c(nc3ccccc13)CC(C)(C)C[C@H]2O. The van der Waals surface area contributed by atoms with E-state index in [1.807, 2.05) is 12.1 Å². The minimum absolute atomic E-state index is 0.0998. The number of anilines is 1. The zero-order chi connectivity index (χ0) is 15.7. The molecule has 1 aliphatic carbocycles. The van der Waals surface area contributed by atoms with Gasteiger partial charge in [0.2, 0.25) is 0 Å². The van der Waals surface area contributed by atoms with Crippen LogP contribution in [0.1, 0.15) is 57.4 Å². The van der Waals surface area contributed by atoms with Gasteiger partial charge < -0.3 is 10.4 Å². The summed E-state index contributed by atoms with van der Waals surface area (Å²) in [6.45, 7) is 7.55. The second kappa shape index (κ2) is 5.88. The molecule has 0 radical (unpaired) electrons. The number of rotatable bonds is 4. The van der Waals surface area contributed by atoms with Crippen LogP contribution in [0.15, 0.2) is 24.3 Å². The van der Waals surface area contributed by atoms with Crippen molar-refractivity contribution in [2.24, 2.45) is 5.41 Å². The highest BCUT2D eigenvalue weighted by Crippen LogP contribution is 2.44. The fourth-order valence-corrected chi connectivity index (χ4v) is 3.50. The van der Waals surface area contributed by atoms with Crippen molar-refractivity contribution in [3.05, 3.63) is 35.5 Å². The molecule has 22 heavy (non-hydrogen) atoms. The molecule has 0 bridgehead atoms. The van der Waals surface area contributed by atoms with Crippen LogP contribution in [0.3, 0.4) is 0 Å². The number of hydrogen-bond acceptors (Lipinski definition) is 3. The average Bonchev–Trinajstić information content (AvgIpc) is 2.45. The third-order valence-corrected chi connectivity index (χ3v) is 4.57. The Bertz CT molecular complexity index is 678. The molecule has 1 aliphatic rings. The summed E-state index contributed by atoms with van der Waals surface area (Å²) in [4.78, 5) is 4.85. The lowest BCUT2D eigenvalue weighted by molar-refractivity contribution is 0.0991. The third kappa shape index (κ3) is 2.82. The molecule has 1 heterocycles. The van der Waals surface area contributed by atoms with Crippen molar-refractivity contribution in [1.29, 1.82) is 0 Å². The summed E-state index contributed by atoms with van der Waals surface area (Å²) in [5.41, 5.74) is 4.29. The first-order valence-corrected chi connectivity index (χ1v) is 8.35. The van der Waals surface area contributed by atoms with E-state index in [9.17, 15) is 5.11 Å². The number of aliphatic hydroxyl groups is 1. The van der Waals surface area contributed by atoms with E-state index in [2.05, 4.69) is 38.2 Å². The van der Waals surface area contributed by atoms with E-state index in [1.165, 1.54) is 0 Å². The first kappa shape index (κ1) is 15.3. The first-order chi connectivity index (χ1) is 10.5. The van der Waals surface area contributed by atoms with Crippen molar-refractivity contribution >= 4 is 16.6 Å². The van der Waals surface area contributed by atoms with E-state index in [0.29, 0.717) is 0 Å². The predicted molar refractivity (Wildman–Crippen MR) is 92.2 cm³/mol. The van der Waals surface area contributed by atoms with Crippen LogP contribution in [0.4, 0.5) is 5.69 Å². The van der Waals surface area contributed by atoms with Crippen molar-refractivity contribution in [3.63, 3.8) is 0 Å². The number of aliphatic hydroxyl groups excluding tert-OH is 1. The maximum Gasteiger partial charge on any atom is 0.0833 e. The van der Waals surface area contributed by atoms with Gasteiger partial charge in [0.25, 0.3) is 0 Å². The lowest BCUT2D eigenvalue weighted by Crippen LogP contribution is -2.27. The summed E-state index contributed by atoms with van der Waals surface area (Å²) in [6, 6.07) is 8.24. The Morgan fingerprint density at radius 2 is 2.09 bits per heavy atom. The van der Waals surface area contributed by atoms with Gasteiger partial charge in [-0.05, 0) is 30.7 Å². The Morgan fingerprint density at radius 3 is 2.86 bits per heavy atom. The molecule has 3 rings (SSSR count). The molecule has 1 atom stereocenters.